The van der Waals surface area contributed by atoms with E-state index in [0.717, 1.165) is 60.5 Å². The standard InChI is InChI=1S/C48H28N4OSe/c1-3-10-29(11-4-1)30-18-23-33(24-19-30)45-50-46(52-47(51-45)38-16-9-15-37-36-14-7-8-17-41(36)54-44(37)38)35-25-21-31-20-22-32-26-27-40-43(42(32)39(31)28-35)53-48(49-40)34-12-5-2-6-13-34/h1-28H. The molecule has 0 aliphatic rings. The van der Waals surface area contributed by atoms with Gasteiger partial charge in [0.15, 0.2) is 0 Å². The van der Waals surface area contributed by atoms with E-state index >= 15 is 0 Å². The van der Waals surface area contributed by atoms with Gasteiger partial charge in [-0.2, -0.15) is 0 Å². The quantitative estimate of drug-likeness (QED) is 0.129. The fraction of sp³-hybridized carbons (Fsp3) is 0. The van der Waals surface area contributed by atoms with Crippen molar-refractivity contribution in [2.24, 2.45) is 0 Å². The maximum atomic E-state index is 6.54. The normalized spacial score (nSPS) is 11.7. The summed E-state index contributed by atoms with van der Waals surface area (Å²) in [6, 6.07) is 59.1. The van der Waals surface area contributed by atoms with Crippen molar-refractivity contribution in [2.75, 3.05) is 0 Å². The molecule has 3 aromatic heterocycles. The fourth-order valence-electron chi connectivity index (χ4n) is 7.49. The van der Waals surface area contributed by atoms with Crippen molar-refractivity contribution in [3.05, 3.63) is 170 Å². The van der Waals surface area contributed by atoms with Crippen molar-refractivity contribution >= 4 is 66.4 Å². The van der Waals surface area contributed by atoms with Gasteiger partial charge in [-0.1, -0.05) is 24.3 Å². The van der Waals surface area contributed by atoms with Gasteiger partial charge in [0.05, 0.1) is 0 Å². The first-order chi connectivity index (χ1) is 26.7. The molecule has 0 saturated carbocycles. The molecule has 0 unspecified atom stereocenters. The Kier molecular flexibility index (Phi) is 7.12. The number of hydrogen-bond donors (Lipinski definition) is 0. The van der Waals surface area contributed by atoms with Gasteiger partial charge in [-0.25, -0.2) is 0 Å². The zero-order valence-corrected chi connectivity index (χ0v) is 30.5. The number of fused-ring (bicyclic) bond motifs is 8. The SMILES string of the molecule is c1ccc(-c2ccc(-c3nc(-c4ccc5ccc6ccc7nc(-c8ccccc8)oc7c6c5c4)nc(-c4cccc5c4[se]c4ccccc45)n3)cc2)cc1. The van der Waals surface area contributed by atoms with Gasteiger partial charge in [0.2, 0.25) is 0 Å². The van der Waals surface area contributed by atoms with Crippen molar-refractivity contribution < 1.29 is 4.42 Å². The number of benzene rings is 8. The van der Waals surface area contributed by atoms with Crippen molar-refractivity contribution in [1.82, 2.24) is 19.9 Å². The van der Waals surface area contributed by atoms with Crippen LogP contribution >= 0.6 is 0 Å². The maximum absolute atomic E-state index is 6.54. The first-order valence-corrected chi connectivity index (χ1v) is 19.6. The van der Waals surface area contributed by atoms with E-state index in [1.54, 1.807) is 0 Å². The van der Waals surface area contributed by atoms with E-state index in [2.05, 4.69) is 127 Å². The van der Waals surface area contributed by atoms with Gasteiger partial charge in [-0.3, -0.25) is 0 Å². The Morgan fingerprint density at radius 1 is 0.407 bits per heavy atom. The molecule has 0 radical (unpaired) electrons. The van der Waals surface area contributed by atoms with Crippen LogP contribution in [0.15, 0.2) is 174 Å². The summed E-state index contributed by atoms with van der Waals surface area (Å²) in [6.07, 6.45) is 0. The molecule has 0 aliphatic heterocycles. The van der Waals surface area contributed by atoms with Crippen molar-refractivity contribution in [3.8, 4) is 56.7 Å². The number of nitrogens with zero attached hydrogens (tertiary/aromatic N) is 4. The third kappa shape index (κ3) is 5.15. The van der Waals surface area contributed by atoms with E-state index in [1.165, 1.54) is 24.9 Å². The van der Waals surface area contributed by atoms with Gasteiger partial charge in [0, 0.05) is 5.56 Å². The molecule has 0 N–H and O–H groups in total. The predicted octanol–water partition coefficient (Wildman–Crippen LogP) is 12.0. The zero-order chi connectivity index (χ0) is 35.6. The first kappa shape index (κ1) is 30.9. The monoisotopic (exact) mass is 756 g/mol. The molecule has 0 saturated heterocycles. The van der Waals surface area contributed by atoms with E-state index in [1.807, 2.05) is 42.5 Å². The van der Waals surface area contributed by atoms with Gasteiger partial charge >= 0.3 is 275 Å². The van der Waals surface area contributed by atoms with Crippen LogP contribution in [0.1, 0.15) is 0 Å². The minimum atomic E-state index is 0.135. The summed E-state index contributed by atoms with van der Waals surface area (Å²) in [5.74, 6) is 2.54. The van der Waals surface area contributed by atoms with E-state index in [0.29, 0.717) is 23.4 Å². The zero-order valence-electron chi connectivity index (χ0n) is 28.8. The molecule has 5 nitrogen and oxygen atoms in total. The van der Waals surface area contributed by atoms with Gasteiger partial charge in [0.25, 0.3) is 0 Å². The van der Waals surface area contributed by atoms with E-state index in [9.17, 15) is 0 Å². The molecule has 54 heavy (non-hydrogen) atoms. The van der Waals surface area contributed by atoms with Crippen LogP contribution in [0, 0.1) is 0 Å². The van der Waals surface area contributed by atoms with Crippen LogP contribution in [-0.2, 0) is 0 Å². The second kappa shape index (κ2) is 12.5. The summed E-state index contributed by atoms with van der Waals surface area (Å²) in [4.78, 5) is 20.5. The fourth-order valence-corrected chi connectivity index (χ4v) is 10.0. The minimum absolute atomic E-state index is 0.135. The molecule has 252 valence electrons. The molecule has 0 bridgehead atoms. The predicted molar refractivity (Wildman–Crippen MR) is 222 cm³/mol. The molecule has 0 aliphatic carbocycles. The summed E-state index contributed by atoms with van der Waals surface area (Å²) >= 11 is 0.135. The van der Waals surface area contributed by atoms with Gasteiger partial charge in [-0.15, -0.1) is 0 Å². The second-order valence-corrected chi connectivity index (χ2v) is 15.6. The van der Waals surface area contributed by atoms with E-state index in [4.69, 9.17) is 24.4 Å². The number of oxazole rings is 1. The molecule has 0 spiro atoms. The van der Waals surface area contributed by atoms with Crippen LogP contribution in [0.3, 0.4) is 0 Å². The Morgan fingerprint density at radius 2 is 1.02 bits per heavy atom. The number of rotatable bonds is 5. The Bertz CT molecular complexity index is 3210. The van der Waals surface area contributed by atoms with Crippen LogP contribution in [0.4, 0.5) is 0 Å². The van der Waals surface area contributed by atoms with Gasteiger partial charge < -0.3 is 0 Å². The average molecular weight is 756 g/mol. The molecule has 6 heteroatoms. The molecule has 11 rings (SSSR count). The molecular weight excluding hydrogens is 728 g/mol. The van der Waals surface area contributed by atoms with Crippen molar-refractivity contribution in [2.45, 2.75) is 0 Å². The molecule has 8 aromatic carbocycles. The van der Waals surface area contributed by atoms with Crippen LogP contribution in [-0.4, -0.2) is 34.4 Å². The third-order valence-corrected chi connectivity index (χ3v) is 12.7. The molecular formula is C48H28N4OSe. The molecule has 0 amide bonds. The summed E-state index contributed by atoms with van der Waals surface area (Å²) < 4.78 is 9.22. The Balaban J connectivity index is 1.12. The van der Waals surface area contributed by atoms with Crippen LogP contribution in [0.5, 0.6) is 0 Å². The van der Waals surface area contributed by atoms with Gasteiger partial charge in [0.1, 0.15) is 0 Å². The molecule has 0 fully saturated rings. The number of hydrogen-bond acceptors (Lipinski definition) is 5. The second-order valence-electron chi connectivity index (χ2n) is 13.4. The van der Waals surface area contributed by atoms with Gasteiger partial charge in [-0.05, 0) is 12.1 Å². The third-order valence-electron chi connectivity index (χ3n) is 10.2. The molecule has 11 aromatic rings. The Labute approximate surface area is 316 Å². The Hall–Kier alpha value is -6.72. The van der Waals surface area contributed by atoms with Crippen molar-refractivity contribution in [3.63, 3.8) is 0 Å². The summed E-state index contributed by atoms with van der Waals surface area (Å²) in [7, 11) is 0. The van der Waals surface area contributed by atoms with Crippen molar-refractivity contribution in [1.29, 1.82) is 0 Å². The van der Waals surface area contributed by atoms with E-state index < -0.39 is 0 Å². The molecule has 0 atom stereocenters. The average Bonchev–Trinajstić information content (AvgIpc) is 3.86. The topological polar surface area (TPSA) is 64.7 Å². The summed E-state index contributed by atoms with van der Waals surface area (Å²) in [5.41, 5.74) is 7.74. The summed E-state index contributed by atoms with van der Waals surface area (Å²) in [5, 5.41) is 6.83. The van der Waals surface area contributed by atoms with Crippen LogP contribution in [0.2, 0.25) is 0 Å². The first-order valence-electron chi connectivity index (χ1n) is 17.9. The van der Waals surface area contributed by atoms with E-state index in [-0.39, 0.29) is 14.5 Å². The van der Waals surface area contributed by atoms with Crippen LogP contribution < -0.4 is 0 Å². The summed E-state index contributed by atoms with van der Waals surface area (Å²) in [6.45, 7) is 0. The van der Waals surface area contributed by atoms with Crippen LogP contribution in [0.25, 0.3) is 109 Å². The molecule has 3 heterocycles. The number of aromatic nitrogens is 4. The Morgan fingerprint density at radius 3 is 1.85 bits per heavy atom.